The van der Waals surface area contributed by atoms with Crippen molar-refractivity contribution in [2.75, 3.05) is 6.61 Å². The first-order chi connectivity index (χ1) is 16.1. The van der Waals surface area contributed by atoms with E-state index in [-0.39, 0.29) is 19.0 Å². The van der Waals surface area contributed by atoms with E-state index >= 15 is 0 Å². The summed E-state index contributed by atoms with van der Waals surface area (Å²) in [6.07, 6.45) is 1.75. The monoisotopic (exact) mass is 458 g/mol. The maximum atomic E-state index is 13.0. The molecule has 33 heavy (non-hydrogen) atoms. The van der Waals surface area contributed by atoms with Crippen molar-refractivity contribution in [3.8, 4) is 0 Å². The average molecular weight is 459 g/mol. The molecule has 4 nitrogen and oxygen atoms in total. The summed E-state index contributed by atoms with van der Waals surface area (Å²) in [6, 6.07) is 32.9. The zero-order chi connectivity index (χ0) is 23.4. The summed E-state index contributed by atoms with van der Waals surface area (Å²) in [6.45, 7) is 3.55. The molecular weight excluding hydrogens is 428 g/mol. The van der Waals surface area contributed by atoms with E-state index in [1.165, 1.54) is 16.7 Å². The predicted molar refractivity (Wildman–Crippen MR) is 133 cm³/mol. The van der Waals surface area contributed by atoms with Crippen LogP contribution >= 0.6 is 0 Å². The van der Waals surface area contributed by atoms with Gasteiger partial charge in [0.05, 0.1) is 6.61 Å². The molecule has 0 unspecified atom stereocenters. The van der Waals surface area contributed by atoms with Crippen molar-refractivity contribution in [3.63, 3.8) is 0 Å². The molecule has 0 aliphatic carbocycles. The molecule has 0 radical (unpaired) electrons. The van der Waals surface area contributed by atoms with Crippen LogP contribution in [0, 0.1) is 0 Å². The molecular formula is C28H30O4Si. The summed E-state index contributed by atoms with van der Waals surface area (Å²) >= 11 is 0. The second kappa shape index (κ2) is 12.6. The van der Waals surface area contributed by atoms with Crippen LogP contribution in [0.3, 0.4) is 0 Å². The molecule has 0 fully saturated rings. The molecule has 5 heteroatoms. The van der Waals surface area contributed by atoms with Gasteiger partial charge in [-0.2, -0.15) is 0 Å². The van der Waals surface area contributed by atoms with Gasteiger partial charge in [-0.3, -0.25) is 4.79 Å². The Morgan fingerprint density at radius 2 is 1.15 bits per heavy atom. The van der Waals surface area contributed by atoms with Crippen molar-refractivity contribution in [2.24, 2.45) is 0 Å². The lowest BCUT2D eigenvalue weighted by molar-refractivity contribution is -0.140. The van der Waals surface area contributed by atoms with Crippen molar-refractivity contribution < 1.29 is 18.8 Å². The van der Waals surface area contributed by atoms with E-state index in [2.05, 4.69) is 43.0 Å². The second-order valence-electron chi connectivity index (χ2n) is 8.12. The fourth-order valence-electron chi connectivity index (χ4n) is 3.94. The number of rotatable bonds is 12. The van der Waals surface area contributed by atoms with E-state index < -0.39 is 14.3 Å². The number of carbonyl (C=O) groups is 2. The largest absolute Gasteiger partial charge is 0.518 e. The normalized spacial score (nSPS) is 10.9. The minimum atomic E-state index is -2.64. The van der Waals surface area contributed by atoms with Crippen LogP contribution in [0.25, 0.3) is 0 Å². The Labute approximate surface area is 197 Å². The lowest BCUT2D eigenvalue weighted by atomic mass is 10.2. The van der Waals surface area contributed by atoms with Crippen LogP contribution in [0.4, 0.5) is 0 Å². The Bertz CT molecular complexity index is 918. The van der Waals surface area contributed by atoms with Gasteiger partial charge < -0.3 is 9.16 Å². The fraction of sp³-hybridized carbons (Fsp3) is 0.214. The molecule has 0 aliphatic heterocycles. The molecule has 0 atom stereocenters. The first-order valence-corrected chi connectivity index (χ1v) is 13.7. The van der Waals surface area contributed by atoms with Gasteiger partial charge in [-0.1, -0.05) is 97.6 Å². The number of benzene rings is 3. The van der Waals surface area contributed by atoms with Gasteiger partial charge in [-0.15, -0.1) is 0 Å². The second-order valence-corrected chi connectivity index (χ2v) is 11.8. The van der Waals surface area contributed by atoms with Gasteiger partial charge in [0.2, 0.25) is 0 Å². The van der Waals surface area contributed by atoms with Gasteiger partial charge in [0.1, 0.15) is 0 Å². The fourth-order valence-corrected chi connectivity index (χ4v) is 8.06. The maximum Gasteiger partial charge on any atom is 0.330 e. The van der Waals surface area contributed by atoms with Crippen molar-refractivity contribution in [1.82, 2.24) is 0 Å². The molecule has 0 saturated heterocycles. The van der Waals surface area contributed by atoms with Crippen LogP contribution in [-0.4, -0.2) is 26.9 Å². The van der Waals surface area contributed by atoms with Crippen LogP contribution < -0.4 is 0 Å². The summed E-state index contributed by atoms with van der Waals surface area (Å²) in [5.74, 6) is -0.719. The lowest BCUT2D eigenvalue weighted by Crippen LogP contribution is -2.49. The van der Waals surface area contributed by atoms with Crippen molar-refractivity contribution in [3.05, 3.63) is 120 Å². The zero-order valence-corrected chi connectivity index (χ0v) is 19.8. The van der Waals surface area contributed by atoms with Gasteiger partial charge in [-0.05, 0) is 23.1 Å². The molecule has 0 aliphatic rings. The highest BCUT2D eigenvalue weighted by molar-refractivity contribution is 6.73. The molecule has 0 spiro atoms. The first-order valence-electron chi connectivity index (χ1n) is 11.2. The SMILES string of the molecule is C=CC(=O)OCCCC(=O)O[Si](Cc1ccccc1)(Cc1ccccc1)Cc1ccccc1. The Hall–Kier alpha value is -3.44. The van der Waals surface area contributed by atoms with E-state index in [1.807, 2.05) is 54.6 Å². The molecule has 3 rings (SSSR count). The Kier molecular flexibility index (Phi) is 9.21. The van der Waals surface area contributed by atoms with E-state index in [0.717, 1.165) is 24.2 Å². The maximum absolute atomic E-state index is 13.0. The van der Waals surface area contributed by atoms with Gasteiger partial charge >= 0.3 is 5.97 Å². The van der Waals surface area contributed by atoms with Gasteiger partial charge in [0.25, 0.3) is 14.3 Å². The third kappa shape index (κ3) is 8.20. The highest BCUT2D eigenvalue weighted by Crippen LogP contribution is 2.25. The zero-order valence-electron chi connectivity index (χ0n) is 18.8. The first kappa shape index (κ1) is 24.2. The Morgan fingerprint density at radius 1 is 0.727 bits per heavy atom. The van der Waals surface area contributed by atoms with Crippen LogP contribution in [0.5, 0.6) is 0 Å². The molecule has 3 aromatic carbocycles. The topological polar surface area (TPSA) is 52.6 Å². The summed E-state index contributed by atoms with van der Waals surface area (Å²) in [5.41, 5.74) is 3.51. The molecule has 0 bridgehead atoms. The van der Waals surface area contributed by atoms with E-state index in [1.54, 1.807) is 0 Å². The van der Waals surface area contributed by atoms with Crippen molar-refractivity contribution in [2.45, 2.75) is 31.0 Å². The van der Waals surface area contributed by atoms with E-state index in [9.17, 15) is 9.59 Å². The van der Waals surface area contributed by atoms with E-state index in [0.29, 0.717) is 6.42 Å². The minimum absolute atomic E-state index is 0.171. The number of esters is 1. The number of hydrogen-bond donors (Lipinski definition) is 0. The number of carbonyl (C=O) groups excluding carboxylic acids is 2. The van der Waals surface area contributed by atoms with Crippen LogP contribution in [0.1, 0.15) is 29.5 Å². The van der Waals surface area contributed by atoms with Crippen LogP contribution in [0.2, 0.25) is 0 Å². The summed E-state index contributed by atoms with van der Waals surface area (Å²) in [7, 11) is -2.64. The molecule has 0 saturated carbocycles. The molecule has 170 valence electrons. The quantitative estimate of drug-likeness (QED) is 0.159. The smallest absolute Gasteiger partial charge is 0.330 e. The molecule has 0 heterocycles. The van der Waals surface area contributed by atoms with Crippen molar-refractivity contribution in [1.29, 1.82) is 0 Å². The average Bonchev–Trinajstić information content (AvgIpc) is 2.83. The Morgan fingerprint density at radius 3 is 1.55 bits per heavy atom. The van der Waals surface area contributed by atoms with Gasteiger partial charge in [0, 0.05) is 30.6 Å². The van der Waals surface area contributed by atoms with E-state index in [4.69, 9.17) is 9.16 Å². The lowest BCUT2D eigenvalue weighted by Gasteiger charge is -2.32. The molecule has 3 aromatic rings. The number of hydrogen-bond acceptors (Lipinski definition) is 4. The highest BCUT2D eigenvalue weighted by atomic mass is 28.4. The summed E-state index contributed by atoms with van der Waals surface area (Å²) in [5, 5.41) is 0. The minimum Gasteiger partial charge on any atom is -0.518 e. The summed E-state index contributed by atoms with van der Waals surface area (Å²) in [4.78, 5) is 24.2. The Balaban J connectivity index is 1.84. The highest BCUT2D eigenvalue weighted by Gasteiger charge is 2.39. The molecule has 0 aromatic heterocycles. The standard InChI is InChI=1S/C28H30O4Si/c1-2-27(29)31-20-12-19-28(30)32-33(21-24-13-6-3-7-14-24,22-25-15-8-4-9-16-25)23-26-17-10-5-11-18-26/h2-11,13-18H,1,12,19-23H2. The molecule has 0 amide bonds. The molecule has 0 N–H and O–H groups in total. The van der Waals surface area contributed by atoms with Crippen LogP contribution in [-0.2, 0) is 36.9 Å². The van der Waals surface area contributed by atoms with Gasteiger partial charge in [-0.25, -0.2) is 4.79 Å². The van der Waals surface area contributed by atoms with Crippen LogP contribution in [0.15, 0.2) is 104 Å². The van der Waals surface area contributed by atoms with Gasteiger partial charge in [0.15, 0.2) is 0 Å². The van der Waals surface area contributed by atoms with Crippen molar-refractivity contribution >= 4 is 20.3 Å². The number of ether oxygens (including phenoxy) is 1. The predicted octanol–water partition coefficient (Wildman–Crippen LogP) is 5.33. The third-order valence-electron chi connectivity index (χ3n) is 5.37. The third-order valence-corrected chi connectivity index (χ3v) is 9.19. The summed E-state index contributed by atoms with van der Waals surface area (Å²) < 4.78 is 11.4.